The summed E-state index contributed by atoms with van der Waals surface area (Å²) in [6.07, 6.45) is 1.74. The standard InChI is InChI=1S/C28H25N3O5S/c1-31-25(32)17-24(28(31)35)37-22-13-11-20(12-14-22)29-27(34)23(16-18-7-6-10-21(15-18)36-2)30-26(33)19-8-4-3-5-9-19/h3-16,24H,17H2,1-2H3,(H,29,34)(H,30,33)/b23-16-. The summed E-state index contributed by atoms with van der Waals surface area (Å²) < 4.78 is 5.26. The summed E-state index contributed by atoms with van der Waals surface area (Å²) >= 11 is 1.31. The number of nitrogens with one attached hydrogen (secondary N) is 2. The van der Waals surface area contributed by atoms with Crippen LogP contribution in [0.1, 0.15) is 22.3 Å². The van der Waals surface area contributed by atoms with Crippen LogP contribution in [-0.4, -0.2) is 47.9 Å². The lowest BCUT2D eigenvalue weighted by Crippen LogP contribution is -2.30. The summed E-state index contributed by atoms with van der Waals surface area (Å²) in [6.45, 7) is 0. The van der Waals surface area contributed by atoms with Crippen LogP contribution in [0.15, 0.2) is 89.5 Å². The molecule has 4 rings (SSSR count). The van der Waals surface area contributed by atoms with Gasteiger partial charge in [0.2, 0.25) is 11.8 Å². The van der Waals surface area contributed by atoms with Crippen molar-refractivity contribution < 1.29 is 23.9 Å². The minimum Gasteiger partial charge on any atom is -0.497 e. The summed E-state index contributed by atoms with van der Waals surface area (Å²) in [5.74, 6) is -0.721. The SMILES string of the molecule is COc1cccc(/C=C(\NC(=O)c2ccccc2)C(=O)Nc2ccc(SC3CC(=O)N(C)C3=O)cc2)c1. The van der Waals surface area contributed by atoms with Crippen LogP contribution in [-0.2, 0) is 14.4 Å². The van der Waals surface area contributed by atoms with E-state index in [0.29, 0.717) is 22.6 Å². The highest BCUT2D eigenvalue weighted by Crippen LogP contribution is 2.31. The van der Waals surface area contributed by atoms with Gasteiger partial charge in [-0.3, -0.25) is 24.1 Å². The molecule has 37 heavy (non-hydrogen) atoms. The van der Waals surface area contributed by atoms with Gasteiger partial charge in [-0.25, -0.2) is 0 Å². The van der Waals surface area contributed by atoms with Gasteiger partial charge in [0.15, 0.2) is 0 Å². The van der Waals surface area contributed by atoms with E-state index in [1.54, 1.807) is 92.0 Å². The highest BCUT2D eigenvalue weighted by Gasteiger charge is 2.36. The molecule has 1 atom stereocenters. The molecule has 0 aliphatic carbocycles. The average molecular weight is 516 g/mol. The molecule has 1 unspecified atom stereocenters. The molecule has 1 saturated heterocycles. The second kappa shape index (κ2) is 11.6. The first kappa shape index (κ1) is 25.7. The van der Waals surface area contributed by atoms with Gasteiger partial charge >= 0.3 is 0 Å². The highest BCUT2D eigenvalue weighted by atomic mass is 32.2. The van der Waals surface area contributed by atoms with Gasteiger partial charge in [0.25, 0.3) is 11.8 Å². The van der Waals surface area contributed by atoms with E-state index in [4.69, 9.17) is 4.74 Å². The van der Waals surface area contributed by atoms with Crippen molar-refractivity contribution in [3.63, 3.8) is 0 Å². The molecule has 1 aliphatic heterocycles. The fourth-order valence-electron chi connectivity index (χ4n) is 3.63. The molecule has 3 aromatic rings. The van der Waals surface area contributed by atoms with Crippen molar-refractivity contribution in [1.29, 1.82) is 0 Å². The van der Waals surface area contributed by atoms with Crippen LogP contribution in [0.5, 0.6) is 5.75 Å². The molecule has 0 saturated carbocycles. The number of imide groups is 1. The monoisotopic (exact) mass is 515 g/mol. The number of hydrogen-bond donors (Lipinski definition) is 2. The Morgan fingerprint density at radius 2 is 1.73 bits per heavy atom. The van der Waals surface area contributed by atoms with Crippen LogP contribution in [0.4, 0.5) is 5.69 Å². The number of methoxy groups -OCH3 is 1. The molecule has 0 spiro atoms. The summed E-state index contributed by atoms with van der Waals surface area (Å²) in [7, 11) is 3.03. The maximum absolute atomic E-state index is 13.2. The van der Waals surface area contributed by atoms with E-state index in [0.717, 1.165) is 9.80 Å². The lowest BCUT2D eigenvalue weighted by atomic mass is 10.1. The number of carbonyl (C=O) groups is 4. The van der Waals surface area contributed by atoms with Crippen LogP contribution in [0, 0.1) is 0 Å². The Morgan fingerprint density at radius 1 is 1.00 bits per heavy atom. The number of rotatable bonds is 8. The molecule has 0 radical (unpaired) electrons. The molecule has 3 aromatic carbocycles. The first-order chi connectivity index (χ1) is 17.8. The molecule has 9 heteroatoms. The lowest BCUT2D eigenvalue weighted by molar-refractivity contribution is -0.136. The Hall–Kier alpha value is -4.37. The third-order valence-electron chi connectivity index (χ3n) is 5.66. The number of likely N-dealkylation sites (tertiary alicyclic amines) is 1. The fraction of sp³-hybridized carbons (Fsp3) is 0.143. The maximum atomic E-state index is 13.2. The zero-order valence-electron chi connectivity index (χ0n) is 20.3. The predicted octanol–water partition coefficient (Wildman–Crippen LogP) is 3.95. The van der Waals surface area contributed by atoms with Gasteiger partial charge in [-0.05, 0) is 60.2 Å². The number of ether oxygens (including phenoxy) is 1. The van der Waals surface area contributed by atoms with Crippen molar-refractivity contribution in [3.05, 3.63) is 95.7 Å². The van der Waals surface area contributed by atoms with Gasteiger partial charge in [-0.1, -0.05) is 30.3 Å². The van der Waals surface area contributed by atoms with E-state index in [-0.39, 0.29) is 23.9 Å². The summed E-state index contributed by atoms with van der Waals surface area (Å²) in [6, 6.07) is 22.7. The van der Waals surface area contributed by atoms with E-state index in [1.165, 1.54) is 18.8 Å². The zero-order chi connectivity index (χ0) is 26.4. The van der Waals surface area contributed by atoms with Gasteiger partial charge < -0.3 is 15.4 Å². The van der Waals surface area contributed by atoms with Crippen LogP contribution in [0.3, 0.4) is 0 Å². The Morgan fingerprint density at radius 3 is 2.38 bits per heavy atom. The largest absolute Gasteiger partial charge is 0.497 e. The van der Waals surface area contributed by atoms with E-state index in [9.17, 15) is 19.2 Å². The van der Waals surface area contributed by atoms with Crippen molar-refractivity contribution in [3.8, 4) is 5.75 Å². The third kappa shape index (κ3) is 6.45. The average Bonchev–Trinajstić information content (AvgIpc) is 3.16. The Bertz CT molecular complexity index is 1360. The zero-order valence-corrected chi connectivity index (χ0v) is 21.1. The topological polar surface area (TPSA) is 105 Å². The van der Waals surface area contributed by atoms with Crippen molar-refractivity contribution >= 4 is 47.2 Å². The Balaban J connectivity index is 1.50. The quantitative estimate of drug-likeness (QED) is 0.348. The first-order valence-corrected chi connectivity index (χ1v) is 12.3. The molecule has 0 bridgehead atoms. The number of benzene rings is 3. The number of anilines is 1. The van der Waals surface area contributed by atoms with Gasteiger partial charge in [0.05, 0.1) is 12.4 Å². The number of carbonyl (C=O) groups excluding carboxylic acids is 4. The van der Waals surface area contributed by atoms with Gasteiger partial charge in [-0.15, -0.1) is 11.8 Å². The molecule has 1 fully saturated rings. The maximum Gasteiger partial charge on any atom is 0.272 e. The lowest BCUT2D eigenvalue weighted by Gasteiger charge is -2.13. The Kier molecular flexibility index (Phi) is 8.05. The fourth-order valence-corrected chi connectivity index (χ4v) is 4.74. The summed E-state index contributed by atoms with van der Waals surface area (Å²) in [5, 5.41) is 5.05. The summed E-state index contributed by atoms with van der Waals surface area (Å²) in [5.41, 5.74) is 1.65. The van der Waals surface area contributed by atoms with Crippen LogP contribution in [0.25, 0.3) is 6.08 Å². The van der Waals surface area contributed by atoms with E-state index in [1.807, 2.05) is 0 Å². The van der Waals surface area contributed by atoms with E-state index < -0.39 is 17.1 Å². The molecular weight excluding hydrogens is 490 g/mol. The van der Waals surface area contributed by atoms with E-state index in [2.05, 4.69) is 10.6 Å². The number of hydrogen-bond acceptors (Lipinski definition) is 6. The van der Waals surface area contributed by atoms with Gasteiger partial charge in [0, 0.05) is 29.6 Å². The second-order valence-corrected chi connectivity index (χ2v) is 9.51. The third-order valence-corrected chi connectivity index (χ3v) is 6.86. The smallest absolute Gasteiger partial charge is 0.272 e. The molecule has 0 aromatic heterocycles. The normalized spacial score (nSPS) is 15.5. The van der Waals surface area contributed by atoms with Crippen LogP contribution < -0.4 is 15.4 Å². The molecule has 1 aliphatic rings. The molecule has 4 amide bonds. The van der Waals surface area contributed by atoms with Gasteiger partial charge in [0.1, 0.15) is 11.4 Å². The molecule has 1 heterocycles. The van der Waals surface area contributed by atoms with Crippen molar-refractivity contribution in [2.24, 2.45) is 0 Å². The first-order valence-electron chi connectivity index (χ1n) is 11.4. The Labute approximate surface area is 218 Å². The van der Waals surface area contributed by atoms with Crippen LogP contribution in [0.2, 0.25) is 0 Å². The van der Waals surface area contributed by atoms with Crippen LogP contribution >= 0.6 is 11.8 Å². The number of thioether (sulfide) groups is 1. The molecule has 188 valence electrons. The molecule has 8 nitrogen and oxygen atoms in total. The van der Waals surface area contributed by atoms with E-state index >= 15 is 0 Å². The van der Waals surface area contributed by atoms with Gasteiger partial charge in [-0.2, -0.15) is 0 Å². The molecular formula is C28H25N3O5S. The second-order valence-electron chi connectivity index (χ2n) is 8.23. The summed E-state index contributed by atoms with van der Waals surface area (Å²) in [4.78, 5) is 51.9. The predicted molar refractivity (Wildman–Crippen MR) is 142 cm³/mol. The highest BCUT2D eigenvalue weighted by molar-refractivity contribution is 8.00. The number of amides is 4. The molecule has 2 N–H and O–H groups in total. The van der Waals surface area contributed by atoms with Crippen molar-refractivity contribution in [2.45, 2.75) is 16.6 Å². The number of nitrogens with zero attached hydrogens (tertiary/aromatic N) is 1. The van der Waals surface area contributed by atoms with Crippen molar-refractivity contribution in [2.75, 3.05) is 19.5 Å². The minimum absolute atomic E-state index is 0.0543. The minimum atomic E-state index is -0.509. The van der Waals surface area contributed by atoms with Crippen molar-refractivity contribution in [1.82, 2.24) is 10.2 Å².